The molecule has 3 N–H and O–H groups in total. The first-order valence-electron chi connectivity index (χ1n) is 6.25. The zero-order valence-electron chi connectivity index (χ0n) is 11.5. The fourth-order valence-corrected chi connectivity index (χ4v) is 1.49. The molecule has 0 aromatic heterocycles. The van der Waals surface area contributed by atoms with Crippen molar-refractivity contribution in [3.8, 4) is 5.75 Å². The van der Waals surface area contributed by atoms with Crippen molar-refractivity contribution in [3.05, 3.63) is 17.9 Å². The highest BCUT2D eigenvalue weighted by Crippen LogP contribution is 2.29. The lowest BCUT2D eigenvalue weighted by molar-refractivity contribution is -0.0521. The molecule has 0 bridgehead atoms. The Bertz CT molecular complexity index is 428. The van der Waals surface area contributed by atoms with Gasteiger partial charge < -0.3 is 20.5 Å². The normalized spacial score (nSPS) is 11.2. The lowest BCUT2D eigenvalue weighted by Crippen LogP contribution is -2.13. The molecule has 4 nitrogen and oxygen atoms in total. The molecule has 0 heterocycles. The van der Waals surface area contributed by atoms with E-state index < -0.39 is 18.2 Å². The maximum absolute atomic E-state index is 13.3. The second kappa shape index (κ2) is 7.84. The highest BCUT2D eigenvalue weighted by molar-refractivity contribution is 5.68. The first kappa shape index (κ1) is 16.4. The Hall–Kier alpha value is -1.63. The number of halogens is 3. The number of alkyl halides is 2. The summed E-state index contributed by atoms with van der Waals surface area (Å²) in [5, 5.41) is 2.89. The van der Waals surface area contributed by atoms with Gasteiger partial charge in [-0.25, -0.2) is 4.39 Å². The molecule has 0 amide bonds. The van der Waals surface area contributed by atoms with Crippen LogP contribution in [-0.2, 0) is 4.74 Å². The number of anilines is 2. The fourth-order valence-electron chi connectivity index (χ4n) is 1.49. The number of hydrogen-bond acceptors (Lipinski definition) is 4. The van der Waals surface area contributed by atoms with Crippen molar-refractivity contribution in [2.75, 3.05) is 30.8 Å². The van der Waals surface area contributed by atoms with Crippen LogP contribution < -0.4 is 15.8 Å². The third kappa shape index (κ3) is 5.56. The van der Waals surface area contributed by atoms with Crippen molar-refractivity contribution in [2.45, 2.75) is 20.5 Å². The molecule has 0 fully saturated rings. The van der Waals surface area contributed by atoms with Crippen LogP contribution in [0.1, 0.15) is 13.8 Å². The van der Waals surface area contributed by atoms with Crippen molar-refractivity contribution in [1.29, 1.82) is 0 Å². The van der Waals surface area contributed by atoms with Crippen molar-refractivity contribution >= 4 is 11.4 Å². The Morgan fingerprint density at radius 2 is 2.00 bits per heavy atom. The van der Waals surface area contributed by atoms with Crippen LogP contribution in [0, 0.1) is 11.7 Å². The minimum atomic E-state index is -3.09. The minimum absolute atomic E-state index is 0.118. The molecule has 114 valence electrons. The van der Waals surface area contributed by atoms with Gasteiger partial charge in [0.1, 0.15) is 0 Å². The third-order valence-corrected chi connectivity index (χ3v) is 2.33. The molecule has 0 unspecified atom stereocenters. The van der Waals surface area contributed by atoms with E-state index in [9.17, 15) is 13.2 Å². The van der Waals surface area contributed by atoms with E-state index in [0.717, 1.165) is 12.1 Å². The van der Waals surface area contributed by atoms with E-state index in [-0.39, 0.29) is 5.69 Å². The number of rotatable bonds is 8. The Morgan fingerprint density at radius 1 is 1.30 bits per heavy atom. The van der Waals surface area contributed by atoms with Crippen LogP contribution in [0.15, 0.2) is 12.1 Å². The molecule has 0 radical (unpaired) electrons. The summed E-state index contributed by atoms with van der Waals surface area (Å²) < 4.78 is 46.9. The maximum atomic E-state index is 13.3. The summed E-state index contributed by atoms with van der Waals surface area (Å²) in [5.74, 6) is -1.04. The second-order valence-corrected chi connectivity index (χ2v) is 4.64. The van der Waals surface area contributed by atoms with E-state index in [2.05, 4.69) is 10.1 Å². The van der Waals surface area contributed by atoms with Crippen LogP contribution in [0.3, 0.4) is 0 Å². The van der Waals surface area contributed by atoms with Crippen molar-refractivity contribution in [2.24, 2.45) is 5.92 Å². The molecular formula is C13H19F3N2O2. The Balaban J connectivity index is 2.56. The van der Waals surface area contributed by atoms with Crippen LogP contribution >= 0.6 is 0 Å². The van der Waals surface area contributed by atoms with Crippen LogP contribution in [-0.4, -0.2) is 26.4 Å². The summed E-state index contributed by atoms with van der Waals surface area (Å²) in [7, 11) is 0. The largest absolute Gasteiger partial charge is 0.432 e. The van der Waals surface area contributed by atoms with Gasteiger partial charge in [-0.05, 0) is 5.92 Å². The van der Waals surface area contributed by atoms with Crippen LogP contribution in [0.25, 0.3) is 0 Å². The molecule has 0 spiro atoms. The first-order valence-corrected chi connectivity index (χ1v) is 6.25. The van der Waals surface area contributed by atoms with E-state index in [1.165, 1.54) is 0 Å². The quantitative estimate of drug-likeness (QED) is 0.571. The smallest absolute Gasteiger partial charge is 0.387 e. The fraction of sp³-hybridized carbons (Fsp3) is 0.538. The molecule has 0 aliphatic heterocycles. The summed E-state index contributed by atoms with van der Waals surface area (Å²) in [4.78, 5) is 0. The van der Waals surface area contributed by atoms with Crippen LogP contribution in [0.2, 0.25) is 0 Å². The zero-order chi connectivity index (χ0) is 15.1. The SMILES string of the molecule is CC(C)COCCNc1cc(OC(F)F)c(F)cc1N. The molecule has 20 heavy (non-hydrogen) atoms. The molecule has 0 atom stereocenters. The van der Waals surface area contributed by atoms with Gasteiger partial charge in [0.05, 0.1) is 18.0 Å². The van der Waals surface area contributed by atoms with E-state index >= 15 is 0 Å². The lowest BCUT2D eigenvalue weighted by atomic mass is 10.2. The number of ether oxygens (including phenoxy) is 2. The second-order valence-electron chi connectivity index (χ2n) is 4.64. The molecule has 7 heteroatoms. The van der Waals surface area contributed by atoms with Crippen molar-refractivity contribution in [1.82, 2.24) is 0 Å². The third-order valence-electron chi connectivity index (χ3n) is 2.33. The zero-order valence-corrected chi connectivity index (χ0v) is 11.5. The Morgan fingerprint density at radius 3 is 2.60 bits per heavy atom. The summed E-state index contributed by atoms with van der Waals surface area (Å²) in [6.45, 7) is 2.45. The first-order chi connectivity index (χ1) is 9.40. The van der Waals surface area contributed by atoms with Gasteiger partial charge in [0.15, 0.2) is 11.6 Å². The van der Waals surface area contributed by atoms with Crippen LogP contribution in [0.4, 0.5) is 24.5 Å². The maximum Gasteiger partial charge on any atom is 0.387 e. The van der Waals surface area contributed by atoms with Gasteiger partial charge >= 0.3 is 6.61 Å². The van der Waals surface area contributed by atoms with Crippen molar-refractivity contribution in [3.63, 3.8) is 0 Å². The van der Waals surface area contributed by atoms with E-state index in [1.54, 1.807) is 0 Å². The lowest BCUT2D eigenvalue weighted by Gasteiger charge is -2.13. The van der Waals surface area contributed by atoms with Gasteiger partial charge in [0.2, 0.25) is 0 Å². The molecule has 0 saturated carbocycles. The number of benzene rings is 1. The molecule has 0 aliphatic carbocycles. The van der Waals surface area contributed by atoms with Gasteiger partial charge in [-0.2, -0.15) is 8.78 Å². The van der Waals surface area contributed by atoms with E-state index in [4.69, 9.17) is 10.5 Å². The predicted molar refractivity (Wildman–Crippen MR) is 71.6 cm³/mol. The molecule has 1 rings (SSSR count). The number of nitrogens with two attached hydrogens (primary N) is 1. The number of nitrogens with one attached hydrogen (secondary N) is 1. The average molecular weight is 292 g/mol. The molecule has 1 aromatic carbocycles. The van der Waals surface area contributed by atoms with E-state index in [1.807, 2.05) is 13.8 Å². The molecular weight excluding hydrogens is 273 g/mol. The van der Waals surface area contributed by atoms with Crippen LogP contribution in [0.5, 0.6) is 5.75 Å². The van der Waals surface area contributed by atoms with Gasteiger partial charge in [-0.15, -0.1) is 0 Å². The standard InChI is InChI=1S/C13H19F3N2O2/c1-8(2)7-19-4-3-18-11-6-12(20-13(15)16)9(14)5-10(11)17/h5-6,8,13,18H,3-4,7,17H2,1-2H3. The topological polar surface area (TPSA) is 56.5 Å². The summed E-state index contributed by atoms with van der Waals surface area (Å²) in [6, 6.07) is 2.05. The minimum Gasteiger partial charge on any atom is -0.432 e. The van der Waals surface area contributed by atoms with Gasteiger partial charge in [0.25, 0.3) is 0 Å². The number of hydrogen-bond donors (Lipinski definition) is 2. The van der Waals surface area contributed by atoms with Gasteiger partial charge in [0, 0.05) is 25.3 Å². The highest BCUT2D eigenvalue weighted by Gasteiger charge is 2.13. The molecule has 1 aromatic rings. The Labute approximate surface area is 116 Å². The molecule has 0 saturated heterocycles. The number of nitrogen functional groups attached to an aromatic ring is 1. The van der Waals surface area contributed by atoms with Gasteiger partial charge in [-0.1, -0.05) is 13.8 Å². The highest BCUT2D eigenvalue weighted by atomic mass is 19.3. The average Bonchev–Trinajstić information content (AvgIpc) is 2.33. The predicted octanol–water partition coefficient (Wildman–Crippen LogP) is 3.09. The van der Waals surface area contributed by atoms with E-state index in [0.29, 0.717) is 31.4 Å². The summed E-state index contributed by atoms with van der Waals surface area (Å²) in [6.07, 6.45) is 0. The van der Waals surface area contributed by atoms with Gasteiger partial charge in [-0.3, -0.25) is 0 Å². The molecule has 0 aliphatic rings. The Kier molecular flexibility index (Phi) is 6.44. The summed E-state index contributed by atoms with van der Waals surface area (Å²) in [5.41, 5.74) is 6.05. The van der Waals surface area contributed by atoms with Crippen molar-refractivity contribution < 1.29 is 22.6 Å². The monoisotopic (exact) mass is 292 g/mol. The summed E-state index contributed by atoms with van der Waals surface area (Å²) >= 11 is 0.